The van der Waals surface area contributed by atoms with E-state index in [9.17, 15) is 4.79 Å². The third-order valence-electron chi connectivity index (χ3n) is 3.65. The van der Waals surface area contributed by atoms with Gasteiger partial charge in [-0.3, -0.25) is 4.79 Å². The Bertz CT molecular complexity index is 931. The van der Waals surface area contributed by atoms with Crippen molar-refractivity contribution in [2.75, 3.05) is 6.61 Å². The normalized spacial score (nSPS) is 11.8. The molecule has 0 radical (unpaired) electrons. The average molecular weight is 375 g/mol. The number of carbonyl (C=O) groups excluding carboxylic acids is 1. The first-order valence-corrected chi connectivity index (χ1v) is 9.41. The van der Waals surface area contributed by atoms with E-state index in [-0.39, 0.29) is 12.3 Å². The summed E-state index contributed by atoms with van der Waals surface area (Å²) < 4.78 is 8.63. The van der Waals surface area contributed by atoms with Crippen LogP contribution in [0.5, 0.6) is 5.75 Å². The Labute approximate surface area is 155 Å². The molecule has 1 aromatic heterocycles. The molecule has 2 aromatic carbocycles. The summed E-state index contributed by atoms with van der Waals surface area (Å²) in [6.45, 7) is 3.18. The van der Waals surface area contributed by atoms with Crippen LogP contribution in [0.25, 0.3) is 10.2 Å². The van der Waals surface area contributed by atoms with Crippen molar-refractivity contribution in [2.45, 2.75) is 26.3 Å². The maximum absolute atomic E-state index is 12.2. The van der Waals surface area contributed by atoms with Gasteiger partial charge in [-0.15, -0.1) is 0 Å². The maximum atomic E-state index is 12.2. The summed E-state index contributed by atoms with van der Waals surface area (Å²) in [7, 11) is 0. The smallest absolute Gasteiger partial charge is 0.251 e. The second-order valence-corrected chi connectivity index (χ2v) is 6.96. The number of aryl methyl sites for hydroxylation is 1. The Morgan fingerprint density at radius 1 is 1.20 bits per heavy atom. The summed E-state index contributed by atoms with van der Waals surface area (Å²) in [6.07, 6.45) is 1.18. The van der Waals surface area contributed by atoms with Crippen molar-refractivity contribution in [1.29, 1.82) is 0 Å². The third-order valence-corrected chi connectivity index (χ3v) is 5.00. The zero-order valence-corrected chi connectivity index (χ0v) is 15.5. The van der Waals surface area contributed by atoms with Gasteiger partial charge in [-0.1, -0.05) is 54.1 Å². The first-order chi connectivity index (χ1) is 12.2. The van der Waals surface area contributed by atoms with E-state index in [0.29, 0.717) is 16.4 Å². The minimum atomic E-state index is -0.191. The van der Waals surface area contributed by atoms with E-state index < -0.39 is 0 Å². The van der Waals surface area contributed by atoms with E-state index in [1.165, 1.54) is 11.3 Å². The van der Waals surface area contributed by atoms with E-state index in [4.69, 9.17) is 16.3 Å². The molecule has 0 fully saturated rings. The molecule has 0 saturated heterocycles. The third kappa shape index (κ3) is 4.30. The number of fused-ring (bicyclic) bond motifs is 1. The first-order valence-electron chi connectivity index (χ1n) is 8.22. The Morgan fingerprint density at radius 3 is 2.76 bits per heavy atom. The van der Waals surface area contributed by atoms with E-state index in [2.05, 4.69) is 11.9 Å². The topological polar surface area (TPSA) is 43.6 Å². The molecule has 3 rings (SSSR count). The Morgan fingerprint density at radius 2 is 2.00 bits per heavy atom. The quantitative estimate of drug-likeness (QED) is 0.629. The molecule has 0 N–H and O–H groups in total. The number of carbonyl (C=O) groups is 1. The van der Waals surface area contributed by atoms with Crippen molar-refractivity contribution in [3.8, 4) is 5.75 Å². The van der Waals surface area contributed by atoms with E-state index >= 15 is 0 Å². The fourth-order valence-corrected chi connectivity index (χ4v) is 3.97. The van der Waals surface area contributed by atoms with Crippen LogP contribution < -0.4 is 9.54 Å². The summed E-state index contributed by atoms with van der Waals surface area (Å²) >= 11 is 7.82. The van der Waals surface area contributed by atoms with Crippen LogP contribution in [-0.4, -0.2) is 17.1 Å². The summed E-state index contributed by atoms with van der Waals surface area (Å²) in [4.78, 5) is 17.2. The fourth-order valence-electron chi connectivity index (χ4n) is 2.54. The zero-order valence-electron chi connectivity index (χ0n) is 13.9. The molecule has 4 nitrogen and oxygen atoms in total. The van der Waals surface area contributed by atoms with Crippen molar-refractivity contribution in [3.05, 3.63) is 58.4 Å². The number of hydrogen-bond donors (Lipinski definition) is 0. The molecule has 0 spiro atoms. The minimum absolute atomic E-state index is 0.191. The molecule has 0 unspecified atom stereocenters. The van der Waals surface area contributed by atoms with Crippen molar-refractivity contribution in [1.82, 2.24) is 4.57 Å². The first kappa shape index (κ1) is 17.7. The molecule has 0 saturated carbocycles. The SMILES string of the molecule is CCCn1c(=NC(=O)CCOc2ccccc2)sc2cccc(Cl)c21. The highest BCUT2D eigenvalue weighted by Gasteiger charge is 2.10. The molecule has 0 atom stereocenters. The molecule has 1 heterocycles. The molecule has 0 bridgehead atoms. The van der Waals surface area contributed by atoms with Gasteiger partial charge in [0, 0.05) is 6.54 Å². The number of aromatic nitrogens is 1. The highest BCUT2D eigenvalue weighted by molar-refractivity contribution is 7.16. The molecule has 0 aliphatic carbocycles. The van der Waals surface area contributed by atoms with Gasteiger partial charge >= 0.3 is 0 Å². The lowest BCUT2D eigenvalue weighted by Crippen LogP contribution is -2.17. The van der Waals surface area contributed by atoms with E-state index in [1.807, 2.05) is 53.1 Å². The summed E-state index contributed by atoms with van der Waals surface area (Å²) in [5.74, 6) is 0.563. The van der Waals surface area contributed by atoms with Gasteiger partial charge in [0.15, 0.2) is 4.80 Å². The van der Waals surface area contributed by atoms with Crippen LogP contribution in [0.2, 0.25) is 5.02 Å². The van der Waals surface area contributed by atoms with Crippen molar-refractivity contribution in [3.63, 3.8) is 0 Å². The fraction of sp³-hybridized carbons (Fsp3) is 0.263. The molecule has 3 aromatic rings. The number of para-hydroxylation sites is 2. The van der Waals surface area contributed by atoms with Crippen LogP contribution in [0.15, 0.2) is 53.5 Å². The van der Waals surface area contributed by atoms with Crippen molar-refractivity contribution in [2.24, 2.45) is 4.99 Å². The van der Waals surface area contributed by atoms with Gasteiger partial charge in [-0.2, -0.15) is 4.99 Å². The number of halogens is 1. The summed E-state index contributed by atoms with van der Waals surface area (Å²) in [6, 6.07) is 15.2. The van der Waals surface area contributed by atoms with Gasteiger partial charge in [-0.05, 0) is 30.7 Å². The monoisotopic (exact) mass is 374 g/mol. The van der Waals surface area contributed by atoms with Gasteiger partial charge < -0.3 is 9.30 Å². The number of ether oxygens (including phenoxy) is 1. The predicted octanol–water partition coefficient (Wildman–Crippen LogP) is 4.66. The van der Waals surface area contributed by atoms with Crippen molar-refractivity contribution < 1.29 is 9.53 Å². The van der Waals surface area contributed by atoms with Crippen LogP contribution in [0.3, 0.4) is 0 Å². The largest absolute Gasteiger partial charge is 0.493 e. The van der Waals surface area contributed by atoms with Gasteiger partial charge in [0.1, 0.15) is 5.75 Å². The van der Waals surface area contributed by atoms with Crippen LogP contribution in [0, 0.1) is 0 Å². The second kappa shape index (κ2) is 8.32. The lowest BCUT2D eigenvalue weighted by atomic mass is 10.3. The molecular weight excluding hydrogens is 356 g/mol. The Balaban J connectivity index is 1.79. The summed E-state index contributed by atoms with van der Waals surface area (Å²) in [5, 5.41) is 0.684. The predicted molar refractivity (Wildman–Crippen MR) is 102 cm³/mol. The highest BCUT2D eigenvalue weighted by atomic mass is 35.5. The highest BCUT2D eigenvalue weighted by Crippen LogP contribution is 2.25. The number of amides is 1. The number of benzene rings is 2. The molecule has 1 amide bonds. The van der Waals surface area contributed by atoms with Gasteiger partial charge in [-0.25, -0.2) is 0 Å². The number of thiazole rings is 1. The van der Waals surface area contributed by atoms with Crippen LogP contribution in [0.4, 0.5) is 0 Å². The second-order valence-electron chi connectivity index (χ2n) is 5.54. The van der Waals surface area contributed by atoms with Crippen molar-refractivity contribution >= 4 is 39.1 Å². The zero-order chi connectivity index (χ0) is 17.6. The Kier molecular flexibility index (Phi) is 5.89. The molecule has 0 aliphatic rings. The minimum Gasteiger partial charge on any atom is -0.493 e. The lowest BCUT2D eigenvalue weighted by Gasteiger charge is -2.05. The van der Waals surface area contributed by atoms with Crippen LogP contribution in [0.1, 0.15) is 19.8 Å². The molecule has 0 aliphatic heterocycles. The number of nitrogens with zero attached hydrogens (tertiary/aromatic N) is 2. The van der Waals surface area contributed by atoms with E-state index in [0.717, 1.165) is 28.9 Å². The molecule has 25 heavy (non-hydrogen) atoms. The lowest BCUT2D eigenvalue weighted by molar-refractivity contribution is -0.118. The maximum Gasteiger partial charge on any atom is 0.251 e. The Hall–Kier alpha value is -2.11. The number of hydrogen-bond acceptors (Lipinski definition) is 3. The van der Waals surface area contributed by atoms with Gasteiger partial charge in [0.2, 0.25) is 0 Å². The molecule has 130 valence electrons. The van der Waals surface area contributed by atoms with E-state index in [1.54, 1.807) is 0 Å². The van der Waals surface area contributed by atoms with Gasteiger partial charge in [0.25, 0.3) is 5.91 Å². The number of rotatable bonds is 6. The molecular formula is C19H19ClN2O2S. The standard InChI is InChI=1S/C19H19ClN2O2S/c1-2-12-22-18-15(20)9-6-10-16(18)25-19(22)21-17(23)11-13-24-14-7-4-3-5-8-14/h3-10H,2,11-13H2,1H3. The average Bonchev–Trinajstić information content (AvgIpc) is 2.95. The van der Waals surface area contributed by atoms with Gasteiger partial charge in [0.05, 0.1) is 28.3 Å². The molecule has 6 heteroatoms. The summed E-state index contributed by atoms with van der Waals surface area (Å²) in [5.41, 5.74) is 0.947. The van der Waals surface area contributed by atoms with Crippen LogP contribution in [-0.2, 0) is 11.3 Å². The van der Waals surface area contributed by atoms with Crippen LogP contribution >= 0.6 is 22.9 Å².